The number of pyridine rings is 1. The van der Waals surface area contributed by atoms with Crippen LogP contribution in [0.15, 0.2) is 36.4 Å². The second-order valence-corrected chi connectivity index (χ2v) is 4.53. The van der Waals surface area contributed by atoms with E-state index in [4.69, 9.17) is 11.6 Å². The van der Waals surface area contributed by atoms with E-state index >= 15 is 0 Å². The van der Waals surface area contributed by atoms with Crippen LogP contribution in [0, 0.1) is 6.92 Å². The molecule has 0 N–H and O–H groups in total. The first-order chi connectivity index (χ1) is 9.30. The molecule has 0 amide bonds. The van der Waals surface area contributed by atoms with Gasteiger partial charge in [-0.05, 0) is 24.6 Å². The predicted octanol–water partition coefficient (Wildman–Crippen LogP) is 4.29. The summed E-state index contributed by atoms with van der Waals surface area (Å²) in [5.74, 6) is -0.450. The van der Waals surface area contributed by atoms with E-state index < -0.39 is 22.8 Å². The molecule has 6 heteroatoms. The normalized spacial score (nSPS) is 11.4. The quantitative estimate of drug-likeness (QED) is 0.611. The Kier molecular flexibility index (Phi) is 3.81. The van der Waals surface area contributed by atoms with Gasteiger partial charge in [-0.3, -0.25) is 4.79 Å². The highest BCUT2D eigenvalue weighted by atomic mass is 35.5. The van der Waals surface area contributed by atoms with E-state index in [1.165, 1.54) is 0 Å². The minimum absolute atomic E-state index is 0.0473. The van der Waals surface area contributed by atoms with Gasteiger partial charge in [0.05, 0.1) is 5.56 Å². The van der Waals surface area contributed by atoms with Gasteiger partial charge in [0.2, 0.25) is 0 Å². The van der Waals surface area contributed by atoms with Crippen LogP contribution in [-0.2, 0) is 6.18 Å². The van der Waals surface area contributed by atoms with Gasteiger partial charge in [0.25, 0.3) is 0 Å². The minimum atomic E-state index is -4.59. The van der Waals surface area contributed by atoms with Crippen molar-refractivity contribution in [3.63, 3.8) is 0 Å². The van der Waals surface area contributed by atoms with Crippen LogP contribution in [0.5, 0.6) is 0 Å². The smallest absolute Gasteiger partial charge is 0.288 e. The number of ketones is 1. The van der Waals surface area contributed by atoms with Crippen molar-refractivity contribution in [2.45, 2.75) is 13.1 Å². The first kappa shape index (κ1) is 14.5. The molecule has 0 aliphatic heterocycles. The van der Waals surface area contributed by atoms with E-state index in [-0.39, 0.29) is 5.56 Å². The Labute approximate surface area is 118 Å². The molecule has 0 saturated carbocycles. The van der Waals surface area contributed by atoms with Gasteiger partial charge in [0.15, 0.2) is 5.78 Å². The van der Waals surface area contributed by atoms with Crippen molar-refractivity contribution in [3.8, 4) is 0 Å². The Balaban J connectivity index is 2.45. The molecular weight excluding hydrogens is 291 g/mol. The SMILES string of the molecule is Cc1ccccc1C(=O)c1ccc(C(F)(F)F)nc1Cl. The van der Waals surface area contributed by atoms with Crippen LogP contribution in [0.3, 0.4) is 0 Å². The summed E-state index contributed by atoms with van der Waals surface area (Å²) < 4.78 is 37.4. The number of hydrogen-bond donors (Lipinski definition) is 0. The van der Waals surface area contributed by atoms with Gasteiger partial charge in [0.1, 0.15) is 10.8 Å². The Bertz CT molecular complexity index is 668. The van der Waals surface area contributed by atoms with E-state index in [1.807, 2.05) is 0 Å². The number of alkyl halides is 3. The fourth-order valence-electron chi connectivity index (χ4n) is 1.73. The molecule has 0 aliphatic rings. The second-order valence-electron chi connectivity index (χ2n) is 4.18. The lowest BCUT2D eigenvalue weighted by Gasteiger charge is -2.09. The van der Waals surface area contributed by atoms with Crippen molar-refractivity contribution in [1.82, 2.24) is 4.98 Å². The molecule has 0 fully saturated rings. The van der Waals surface area contributed by atoms with Crippen molar-refractivity contribution in [1.29, 1.82) is 0 Å². The maximum absolute atomic E-state index is 12.5. The largest absolute Gasteiger partial charge is 0.433 e. The third-order valence-corrected chi connectivity index (χ3v) is 3.06. The average Bonchev–Trinajstić information content (AvgIpc) is 2.37. The zero-order valence-corrected chi connectivity index (χ0v) is 11.1. The van der Waals surface area contributed by atoms with Crippen molar-refractivity contribution in [2.75, 3.05) is 0 Å². The van der Waals surface area contributed by atoms with Gasteiger partial charge >= 0.3 is 6.18 Å². The summed E-state index contributed by atoms with van der Waals surface area (Å²) in [4.78, 5) is 15.5. The Hall–Kier alpha value is -1.88. The van der Waals surface area contributed by atoms with Crippen LogP contribution in [0.25, 0.3) is 0 Å². The second kappa shape index (κ2) is 5.25. The molecule has 0 atom stereocenters. The van der Waals surface area contributed by atoms with Gasteiger partial charge in [0, 0.05) is 5.56 Å². The number of aryl methyl sites for hydroxylation is 1. The van der Waals surface area contributed by atoms with Crippen LogP contribution in [-0.4, -0.2) is 10.8 Å². The van der Waals surface area contributed by atoms with Crippen molar-refractivity contribution in [2.24, 2.45) is 0 Å². The van der Waals surface area contributed by atoms with Crippen LogP contribution in [0.1, 0.15) is 27.2 Å². The van der Waals surface area contributed by atoms with E-state index in [1.54, 1.807) is 31.2 Å². The maximum atomic E-state index is 12.5. The van der Waals surface area contributed by atoms with E-state index in [9.17, 15) is 18.0 Å². The lowest BCUT2D eigenvalue weighted by Crippen LogP contribution is -2.11. The van der Waals surface area contributed by atoms with Crippen LogP contribution < -0.4 is 0 Å². The summed E-state index contributed by atoms with van der Waals surface area (Å²) in [6, 6.07) is 8.55. The minimum Gasteiger partial charge on any atom is -0.288 e. The molecule has 0 aliphatic carbocycles. The zero-order valence-electron chi connectivity index (χ0n) is 10.3. The molecule has 1 heterocycles. The third-order valence-electron chi connectivity index (χ3n) is 2.77. The first-order valence-electron chi connectivity index (χ1n) is 5.65. The Morgan fingerprint density at radius 3 is 2.30 bits per heavy atom. The van der Waals surface area contributed by atoms with Gasteiger partial charge in [-0.1, -0.05) is 35.9 Å². The highest BCUT2D eigenvalue weighted by Crippen LogP contribution is 2.30. The molecular formula is C14H9ClF3NO. The maximum Gasteiger partial charge on any atom is 0.433 e. The first-order valence-corrected chi connectivity index (χ1v) is 6.02. The van der Waals surface area contributed by atoms with E-state index in [2.05, 4.69) is 4.98 Å². The van der Waals surface area contributed by atoms with Gasteiger partial charge in [-0.2, -0.15) is 13.2 Å². The number of nitrogens with zero attached hydrogens (tertiary/aromatic N) is 1. The summed E-state index contributed by atoms with van der Waals surface area (Å²) in [5.41, 5.74) is -0.0674. The predicted molar refractivity (Wildman–Crippen MR) is 68.9 cm³/mol. The molecule has 2 aromatic rings. The summed E-state index contributed by atoms with van der Waals surface area (Å²) in [5, 5.41) is -0.451. The number of carbonyl (C=O) groups excluding carboxylic acids is 1. The lowest BCUT2D eigenvalue weighted by atomic mass is 10.0. The highest BCUT2D eigenvalue weighted by molar-refractivity contribution is 6.33. The standard InChI is InChI=1S/C14H9ClF3NO/c1-8-4-2-3-5-9(8)12(20)10-6-7-11(14(16,17)18)19-13(10)15/h2-7H,1H3. The molecule has 2 rings (SSSR count). The van der Waals surface area contributed by atoms with E-state index in [0.29, 0.717) is 11.1 Å². The Morgan fingerprint density at radius 1 is 1.10 bits per heavy atom. The van der Waals surface area contributed by atoms with Gasteiger partial charge in [-0.15, -0.1) is 0 Å². The summed E-state index contributed by atoms with van der Waals surface area (Å²) >= 11 is 5.70. The van der Waals surface area contributed by atoms with Crippen molar-refractivity contribution < 1.29 is 18.0 Å². The monoisotopic (exact) mass is 299 g/mol. The number of benzene rings is 1. The molecule has 104 valence electrons. The molecule has 0 saturated heterocycles. The fourth-order valence-corrected chi connectivity index (χ4v) is 1.97. The molecule has 0 unspecified atom stereocenters. The van der Waals surface area contributed by atoms with Crippen LogP contribution >= 0.6 is 11.6 Å². The highest BCUT2D eigenvalue weighted by Gasteiger charge is 2.33. The van der Waals surface area contributed by atoms with Crippen molar-refractivity contribution >= 4 is 17.4 Å². The number of aromatic nitrogens is 1. The fraction of sp³-hybridized carbons (Fsp3) is 0.143. The number of halogens is 4. The van der Waals surface area contributed by atoms with Gasteiger partial charge in [-0.25, -0.2) is 4.98 Å². The lowest BCUT2D eigenvalue weighted by molar-refractivity contribution is -0.141. The third kappa shape index (κ3) is 2.82. The number of rotatable bonds is 2. The molecule has 20 heavy (non-hydrogen) atoms. The summed E-state index contributed by atoms with van der Waals surface area (Å²) in [6.07, 6.45) is -4.59. The van der Waals surface area contributed by atoms with Crippen LogP contribution in [0.2, 0.25) is 5.15 Å². The zero-order chi connectivity index (χ0) is 14.9. The van der Waals surface area contributed by atoms with Gasteiger partial charge < -0.3 is 0 Å². The van der Waals surface area contributed by atoms with E-state index in [0.717, 1.165) is 12.1 Å². The molecule has 1 aromatic carbocycles. The molecule has 0 radical (unpaired) electrons. The summed E-state index contributed by atoms with van der Waals surface area (Å²) in [7, 11) is 0. The number of hydrogen-bond acceptors (Lipinski definition) is 2. The van der Waals surface area contributed by atoms with Crippen molar-refractivity contribution in [3.05, 3.63) is 63.9 Å². The number of carbonyl (C=O) groups is 1. The molecule has 0 bridgehead atoms. The molecule has 1 aromatic heterocycles. The topological polar surface area (TPSA) is 30.0 Å². The molecule has 0 spiro atoms. The van der Waals surface area contributed by atoms with Crippen LogP contribution in [0.4, 0.5) is 13.2 Å². The average molecular weight is 300 g/mol. The molecule has 2 nitrogen and oxygen atoms in total. The summed E-state index contributed by atoms with van der Waals surface area (Å²) in [6.45, 7) is 1.73. The Morgan fingerprint density at radius 2 is 1.75 bits per heavy atom.